The standard InChI is InChI=1S/C19H20N2O2S/c1-13-8-9-14(10-16(13)23-3)11-19(22)21(2)12-18-20-15-6-4-5-7-17(15)24-18/h4-10H,11-12H2,1-3H3. The molecule has 0 aliphatic heterocycles. The Balaban J connectivity index is 1.68. The third-order valence-electron chi connectivity index (χ3n) is 3.96. The van der Waals surface area contributed by atoms with Crippen LogP contribution in [0.1, 0.15) is 16.1 Å². The average molecular weight is 340 g/mol. The number of methoxy groups -OCH3 is 1. The van der Waals surface area contributed by atoms with Gasteiger partial charge in [-0.15, -0.1) is 11.3 Å². The highest BCUT2D eigenvalue weighted by atomic mass is 32.1. The second-order valence-corrected chi connectivity index (χ2v) is 6.92. The smallest absolute Gasteiger partial charge is 0.227 e. The Labute approximate surface area is 145 Å². The van der Waals surface area contributed by atoms with Crippen LogP contribution in [0.2, 0.25) is 0 Å². The van der Waals surface area contributed by atoms with Gasteiger partial charge in [0.15, 0.2) is 0 Å². The summed E-state index contributed by atoms with van der Waals surface area (Å²) in [7, 11) is 3.47. The molecule has 2 aromatic carbocycles. The molecular formula is C19H20N2O2S. The van der Waals surface area contributed by atoms with E-state index in [1.807, 2.05) is 50.4 Å². The van der Waals surface area contributed by atoms with Crippen LogP contribution in [0.5, 0.6) is 5.75 Å². The minimum atomic E-state index is 0.0696. The molecule has 0 radical (unpaired) electrons. The van der Waals surface area contributed by atoms with Crippen LogP contribution < -0.4 is 4.74 Å². The van der Waals surface area contributed by atoms with Crippen molar-refractivity contribution in [3.63, 3.8) is 0 Å². The molecular weight excluding hydrogens is 320 g/mol. The van der Waals surface area contributed by atoms with Gasteiger partial charge >= 0.3 is 0 Å². The summed E-state index contributed by atoms with van der Waals surface area (Å²) < 4.78 is 6.47. The first-order valence-electron chi connectivity index (χ1n) is 7.79. The number of para-hydroxylation sites is 1. The predicted molar refractivity (Wildman–Crippen MR) is 97.5 cm³/mol. The van der Waals surface area contributed by atoms with Crippen molar-refractivity contribution in [1.29, 1.82) is 0 Å². The molecule has 4 nitrogen and oxygen atoms in total. The molecule has 1 heterocycles. The highest BCUT2D eigenvalue weighted by Crippen LogP contribution is 2.23. The van der Waals surface area contributed by atoms with E-state index < -0.39 is 0 Å². The number of aryl methyl sites for hydroxylation is 1. The number of hydrogen-bond acceptors (Lipinski definition) is 4. The van der Waals surface area contributed by atoms with Crippen LogP contribution in [0.25, 0.3) is 10.2 Å². The van der Waals surface area contributed by atoms with E-state index in [9.17, 15) is 4.79 Å². The van der Waals surface area contributed by atoms with Crippen LogP contribution >= 0.6 is 11.3 Å². The number of rotatable bonds is 5. The summed E-state index contributed by atoms with van der Waals surface area (Å²) in [5, 5.41) is 0.952. The minimum Gasteiger partial charge on any atom is -0.496 e. The quantitative estimate of drug-likeness (QED) is 0.709. The molecule has 3 rings (SSSR count). The zero-order valence-corrected chi connectivity index (χ0v) is 14.9. The van der Waals surface area contributed by atoms with E-state index in [0.29, 0.717) is 13.0 Å². The molecule has 1 aromatic heterocycles. The lowest BCUT2D eigenvalue weighted by molar-refractivity contribution is -0.129. The molecule has 0 aliphatic rings. The maximum atomic E-state index is 12.5. The highest BCUT2D eigenvalue weighted by Gasteiger charge is 2.13. The fourth-order valence-corrected chi connectivity index (χ4v) is 3.58. The molecule has 24 heavy (non-hydrogen) atoms. The minimum absolute atomic E-state index is 0.0696. The number of carbonyl (C=O) groups is 1. The van der Waals surface area contributed by atoms with Crippen molar-refractivity contribution in [3.05, 3.63) is 58.6 Å². The van der Waals surface area contributed by atoms with Crippen LogP contribution in [0, 0.1) is 6.92 Å². The van der Waals surface area contributed by atoms with Crippen LogP contribution in [-0.4, -0.2) is 29.9 Å². The maximum absolute atomic E-state index is 12.5. The summed E-state index contributed by atoms with van der Waals surface area (Å²) in [6.07, 6.45) is 0.359. The van der Waals surface area contributed by atoms with Crippen molar-refractivity contribution in [3.8, 4) is 5.75 Å². The monoisotopic (exact) mass is 340 g/mol. The number of benzene rings is 2. The van der Waals surface area contributed by atoms with E-state index in [1.165, 1.54) is 0 Å². The molecule has 0 saturated carbocycles. The van der Waals surface area contributed by atoms with Crippen molar-refractivity contribution >= 4 is 27.5 Å². The van der Waals surface area contributed by atoms with Gasteiger partial charge in [-0.05, 0) is 36.2 Å². The van der Waals surface area contributed by atoms with Crippen molar-refractivity contribution in [2.45, 2.75) is 19.9 Å². The molecule has 0 spiro atoms. The fraction of sp³-hybridized carbons (Fsp3) is 0.263. The SMILES string of the molecule is COc1cc(CC(=O)N(C)Cc2nc3ccccc3s2)ccc1C. The van der Waals surface area contributed by atoms with Gasteiger partial charge in [-0.3, -0.25) is 4.79 Å². The van der Waals surface area contributed by atoms with E-state index in [2.05, 4.69) is 11.1 Å². The fourth-order valence-electron chi connectivity index (χ4n) is 2.56. The zero-order valence-electron chi connectivity index (χ0n) is 14.1. The highest BCUT2D eigenvalue weighted by molar-refractivity contribution is 7.18. The number of fused-ring (bicyclic) bond motifs is 1. The average Bonchev–Trinajstić information content (AvgIpc) is 2.98. The van der Waals surface area contributed by atoms with Gasteiger partial charge in [0.2, 0.25) is 5.91 Å². The Morgan fingerprint density at radius 1 is 1.25 bits per heavy atom. The number of carbonyl (C=O) groups excluding carboxylic acids is 1. The number of amides is 1. The Hall–Kier alpha value is -2.40. The number of aromatic nitrogens is 1. The summed E-state index contributed by atoms with van der Waals surface area (Å²) in [6.45, 7) is 2.52. The van der Waals surface area contributed by atoms with Crippen molar-refractivity contribution in [2.24, 2.45) is 0 Å². The lowest BCUT2D eigenvalue weighted by Gasteiger charge is -2.16. The predicted octanol–water partition coefficient (Wildman–Crippen LogP) is 3.81. The van der Waals surface area contributed by atoms with Gasteiger partial charge in [0, 0.05) is 7.05 Å². The van der Waals surface area contributed by atoms with Crippen LogP contribution in [-0.2, 0) is 17.8 Å². The van der Waals surface area contributed by atoms with E-state index in [-0.39, 0.29) is 5.91 Å². The largest absolute Gasteiger partial charge is 0.496 e. The molecule has 0 fully saturated rings. The Kier molecular flexibility index (Phi) is 4.81. The molecule has 0 N–H and O–H groups in total. The van der Waals surface area contributed by atoms with Gasteiger partial charge < -0.3 is 9.64 Å². The number of likely N-dealkylation sites (N-methyl/N-ethyl adjacent to an activating group) is 1. The number of thiazole rings is 1. The summed E-state index contributed by atoms with van der Waals surface area (Å²) in [6, 6.07) is 13.9. The molecule has 0 atom stereocenters. The first-order chi connectivity index (χ1) is 11.6. The molecule has 0 unspecified atom stereocenters. The van der Waals surface area contributed by atoms with Gasteiger partial charge in [0.25, 0.3) is 0 Å². The van der Waals surface area contributed by atoms with Gasteiger partial charge in [0.05, 0.1) is 30.3 Å². The van der Waals surface area contributed by atoms with Crippen molar-refractivity contribution in [2.75, 3.05) is 14.2 Å². The van der Waals surface area contributed by atoms with Crippen LogP contribution in [0.15, 0.2) is 42.5 Å². The summed E-state index contributed by atoms with van der Waals surface area (Å²) in [5.41, 5.74) is 3.01. The number of nitrogens with zero attached hydrogens (tertiary/aromatic N) is 2. The summed E-state index contributed by atoms with van der Waals surface area (Å²) >= 11 is 1.63. The van der Waals surface area contributed by atoms with Gasteiger partial charge in [-0.1, -0.05) is 24.3 Å². The lowest BCUT2D eigenvalue weighted by atomic mass is 10.1. The van der Waals surface area contributed by atoms with Gasteiger partial charge in [0.1, 0.15) is 10.8 Å². The van der Waals surface area contributed by atoms with E-state index >= 15 is 0 Å². The van der Waals surface area contributed by atoms with Crippen molar-refractivity contribution in [1.82, 2.24) is 9.88 Å². The maximum Gasteiger partial charge on any atom is 0.227 e. The third kappa shape index (κ3) is 3.57. The normalized spacial score (nSPS) is 10.8. The summed E-state index contributed by atoms with van der Waals surface area (Å²) in [4.78, 5) is 18.8. The second kappa shape index (κ2) is 7.01. The van der Waals surface area contributed by atoms with E-state index in [4.69, 9.17) is 4.74 Å². The Morgan fingerprint density at radius 2 is 2.04 bits per heavy atom. The van der Waals surface area contributed by atoms with E-state index in [1.54, 1.807) is 23.3 Å². The van der Waals surface area contributed by atoms with Crippen molar-refractivity contribution < 1.29 is 9.53 Å². The molecule has 3 aromatic rings. The molecule has 0 saturated heterocycles. The topological polar surface area (TPSA) is 42.4 Å². The lowest BCUT2D eigenvalue weighted by Crippen LogP contribution is -2.27. The zero-order chi connectivity index (χ0) is 17.1. The molecule has 124 valence electrons. The van der Waals surface area contributed by atoms with E-state index in [0.717, 1.165) is 32.1 Å². The molecule has 0 bridgehead atoms. The Morgan fingerprint density at radius 3 is 2.79 bits per heavy atom. The van der Waals surface area contributed by atoms with Gasteiger partial charge in [-0.2, -0.15) is 0 Å². The molecule has 5 heteroatoms. The molecule has 1 amide bonds. The second-order valence-electron chi connectivity index (χ2n) is 5.81. The Bertz CT molecular complexity index is 840. The summed E-state index contributed by atoms with van der Waals surface area (Å²) in [5.74, 6) is 0.884. The van der Waals surface area contributed by atoms with Crippen LogP contribution in [0.3, 0.4) is 0 Å². The first-order valence-corrected chi connectivity index (χ1v) is 8.60. The van der Waals surface area contributed by atoms with Crippen LogP contribution in [0.4, 0.5) is 0 Å². The molecule has 0 aliphatic carbocycles. The van der Waals surface area contributed by atoms with Gasteiger partial charge in [-0.25, -0.2) is 4.98 Å². The number of ether oxygens (including phenoxy) is 1. The first kappa shape index (κ1) is 16.5. The third-order valence-corrected chi connectivity index (χ3v) is 4.99. The number of hydrogen-bond donors (Lipinski definition) is 0.